The van der Waals surface area contributed by atoms with Crippen molar-refractivity contribution in [3.05, 3.63) is 76.4 Å². The van der Waals surface area contributed by atoms with E-state index in [0.717, 1.165) is 10.2 Å². The SMILES string of the molecule is O=C(CCCN1C(=O)c2ccc(Br)cc2C1=O)Nc1ccn(-c2ccccc2)n1. The van der Waals surface area contributed by atoms with E-state index in [4.69, 9.17) is 0 Å². The molecule has 0 spiro atoms. The first kappa shape index (κ1) is 19.1. The Balaban J connectivity index is 1.30. The van der Waals surface area contributed by atoms with Gasteiger partial charge in [-0.15, -0.1) is 0 Å². The molecule has 0 unspecified atom stereocenters. The molecule has 2 aromatic carbocycles. The number of hydrogen-bond acceptors (Lipinski definition) is 4. The summed E-state index contributed by atoms with van der Waals surface area (Å²) in [5.41, 5.74) is 1.68. The van der Waals surface area contributed by atoms with Crippen molar-refractivity contribution >= 4 is 39.5 Å². The third-order valence-electron chi connectivity index (χ3n) is 4.60. The Bertz CT molecular complexity index is 1090. The van der Waals surface area contributed by atoms with E-state index in [1.807, 2.05) is 30.3 Å². The normalized spacial score (nSPS) is 12.9. The summed E-state index contributed by atoms with van der Waals surface area (Å²) in [7, 11) is 0. The van der Waals surface area contributed by atoms with Gasteiger partial charge in [-0.25, -0.2) is 4.68 Å². The molecule has 0 saturated heterocycles. The van der Waals surface area contributed by atoms with E-state index in [1.165, 1.54) is 4.90 Å². The highest BCUT2D eigenvalue weighted by Crippen LogP contribution is 2.26. The Kier molecular flexibility index (Phi) is 5.26. The monoisotopic (exact) mass is 452 g/mol. The molecule has 0 aliphatic carbocycles. The molecular formula is C21H17BrN4O3. The fourth-order valence-electron chi connectivity index (χ4n) is 3.18. The number of para-hydroxylation sites is 1. The second-order valence-corrected chi connectivity index (χ2v) is 7.50. The van der Waals surface area contributed by atoms with Crippen molar-refractivity contribution in [2.24, 2.45) is 0 Å². The third kappa shape index (κ3) is 3.97. The Morgan fingerprint density at radius 1 is 1.00 bits per heavy atom. The van der Waals surface area contributed by atoms with Gasteiger partial charge in [-0.3, -0.25) is 19.3 Å². The topological polar surface area (TPSA) is 84.3 Å². The molecule has 0 radical (unpaired) electrons. The molecule has 1 aromatic heterocycles. The standard InChI is InChI=1S/C21H17BrN4O3/c22-14-8-9-16-17(13-14)21(29)25(20(16)28)11-4-7-19(27)23-18-10-12-26(24-18)15-5-2-1-3-6-15/h1-3,5-6,8-10,12-13H,4,7,11H2,(H,23,24,27). The van der Waals surface area contributed by atoms with E-state index in [1.54, 1.807) is 35.1 Å². The molecule has 0 saturated carbocycles. The van der Waals surface area contributed by atoms with Gasteiger partial charge in [0.05, 0.1) is 16.8 Å². The van der Waals surface area contributed by atoms with Gasteiger partial charge in [-0.1, -0.05) is 34.1 Å². The van der Waals surface area contributed by atoms with Crippen molar-refractivity contribution in [1.82, 2.24) is 14.7 Å². The average molecular weight is 453 g/mol. The lowest BCUT2D eigenvalue weighted by atomic mass is 10.1. The molecule has 1 aliphatic heterocycles. The van der Waals surface area contributed by atoms with Gasteiger partial charge in [-0.05, 0) is 36.8 Å². The first-order chi connectivity index (χ1) is 14.0. The van der Waals surface area contributed by atoms with E-state index in [-0.39, 0.29) is 30.7 Å². The molecular weight excluding hydrogens is 436 g/mol. The number of aromatic nitrogens is 2. The van der Waals surface area contributed by atoms with Crippen LogP contribution in [0, 0.1) is 0 Å². The van der Waals surface area contributed by atoms with Crippen molar-refractivity contribution in [3.8, 4) is 5.69 Å². The molecule has 1 aliphatic rings. The minimum Gasteiger partial charge on any atom is -0.309 e. The van der Waals surface area contributed by atoms with Crippen LogP contribution < -0.4 is 5.32 Å². The number of imide groups is 1. The molecule has 2 heterocycles. The highest BCUT2D eigenvalue weighted by Gasteiger charge is 2.35. The van der Waals surface area contributed by atoms with Crippen LogP contribution in [0.4, 0.5) is 5.82 Å². The number of anilines is 1. The molecule has 1 N–H and O–H groups in total. The van der Waals surface area contributed by atoms with Crippen LogP contribution in [0.2, 0.25) is 0 Å². The van der Waals surface area contributed by atoms with Crippen LogP contribution in [0.25, 0.3) is 5.69 Å². The van der Waals surface area contributed by atoms with Gasteiger partial charge in [0.15, 0.2) is 5.82 Å². The van der Waals surface area contributed by atoms with Gasteiger partial charge in [0.2, 0.25) is 5.91 Å². The largest absolute Gasteiger partial charge is 0.309 e. The molecule has 3 amide bonds. The average Bonchev–Trinajstić information content (AvgIpc) is 3.27. The molecule has 0 fully saturated rings. The first-order valence-electron chi connectivity index (χ1n) is 9.09. The maximum Gasteiger partial charge on any atom is 0.261 e. The van der Waals surface area contributed by atoms with Crippen LogP contribution in [-0.2, 0) is 4.79 Å². The summed E-state index contributed by atoms with van der Waals surface area (Å²) >= 11 is 3.31. The summed E-state index contributed by atoms with van der Waals surface area (Å²) in [5, 5.41) is 7.07. The zero-order valence-corrected chi connectivity index (χ0v) is 16.9. The molecule has 0 bridgehead atoms. The van der Waals surface area contributed by atoms with Crippen LogP contribution in [0.1, 0.15) is 33.6 Å². The predicted octanol–water partition coefficient (Wildman–Crippen LogP) is 3.65. The lowest BCUT2D eigenvalue weighted by Gasteiger charge is -2.13. The number of amides is 3. The molecule has 8 heteroatoms. The van der Waals surface area contributed by atoms with Crippen LogP contribution in [0.15, 0.2) is 65.3 Å². The summed E-state index contributed by atoms with van der Waals surface area (Å²) in [6.07, 6.45) is 2.31. The quantitative estimate of drug-likeness (QED) is 0.578. The van der Waals surface area contributed by atoms with Crippen LogP contribution >= 0.6 is 15.9 Å². The lowest BCUT2D eigenvalue weighted by molar-refractivity contribution is -0.116. The van der Waals surface area contributed by atoms with E-state index in [9.17, 15) is 14.4 Å². The van der Waals surface area contributed by atoms with Gasteiger partial charge in [0, 0.05) is 29.7 Å². The lowest BCUT2D eigenvalue weighted by Crippen LogP contribution is -2.31. The predicted molar refractivity (Wildman–Crippen MR) is 111 cm³/mol. The number of nitrogens with one attached hydrogen (secondary N) is 1. The Labute approximate surface area is 175 Å². The van der Waals surface area contributed by atoms with Crippen molar-refractivity contribution in [1.29, 1.82) is 0 Å². The third-order valence-corrected chi connectivity index (χ3v) is 5.09. The van der Waals surface area contributed by atoms with Gasteiger partial charge in [0.25, 0.3) is 11.8 Å². The number of benzene rings is 2. The van der Waals surface area contributed by atoms with Gasteiger partial charge >= 0.3 is 0 Å². The Morgan fingerprint density at radius 2 is 1.76 bits per heavy atom. The number of fused-ring (bicyclic) bond motifs is 1. The zero-order chi connectivity index (χ0) is 20.4. The Hall–Kier alpha value is -3.26. The number of carbonyl (C=O) groups excluding carboxylic acids is 3. The molecule has 7 nitrogen and oxygen atoms in total. The summed E-state index contributed by atoms with van der Waals surface area (Å²) in [6.45, 7) is 0.190. The van der Waals surface area contributed by atoms with Crippen molar-refractivity contribution in [2.75, 3.05) is 11.9 Å². The van der Waals surface area contributed by atoms with E-state index in [2.05, 4.69) is 26.3 Å². The van der Waals surface area contributed by atoms with Crippen LogP contribution in [0.3, 0.4) is 0 Å². The number of carbonyl (C=O) groups is 3. The fraction of sp³-hybridized carbons (Fsp3) is 0.143. The molecule has 0 atom stereocenters. The maximum atomic E-state index is 12.4. The summed E-state index contributed by atoms with van der Waals surface area (Å²) in [6, 6.07) is 16.3. The second-order valence-electron chi connectivity index (χ2n) is 6.58. The number of nitrogens with zero attached hydrogens (tertiary/aromatic N) is 3. The molecule has 3 aromatic rings. The van der Waals surface area contributed by atoms with Crippen molar-refractivity contribution < 1.29 is 14.4 Å². The smallest absolute Gasteiger partial charge is 0.261 e. The number of halogens is 1. The summed E-state index contributed by atoms with van der Waals surface area (Å²) in [5.74, 6) is -0.417. The molecule has 29 heavy (non-hydrogen) atoms. The number of hydrogen-bond donors (Lipinski definition) is 1. The first-order valence-corrected chi connectivity index (χ1v) is 9.89. The van der Waals surface area contributed by atoms with Gasteiger partial charge in [-0.2, -0.15) is 5.10 Å². The van der Waals surface area contributed by atoms with E-state index in [0.29, 0.717) is 23.4 Å². The van der Waals surface area contributed by atoms with Crippen LogP contribution in [0.5, 0.6) is 0 Å². The van der Waals surface area contributed by atoms with Crippen molar-refractivity contribution in [3.63, 3.8) is 0 Å². The maximum absolute atomic E-state index is 12.4. The molecule has 4 rings (SSSR count). The summed E-state index contributed by atoms with van der Waals surface area (Å²) in [4.78, 5) is 38.2. The Morgan fingerprint density at radius 3 is 2.55 bits per heavy atom. The number of rotatable bonds is 6. The highest BCUT2D eigenvalue weighted by atomic mass is 79.9. The fourth-order valence-corrected chi connectivity index (χ4v) is 3.55. The van der Waals surface area contributed by atoms with Crippen LogP contribution in [-0.4, -0.2) is 38.9 Å². The van der Waals surface area contributed by atoms with Crippen molar-refractivity contribution in [2.45, 2.75) is 12.8 Å². The molecule has 146 valence electrons. The second kappa shape index (κ2) is 8.00. The minimum atomic E-state index is -0.326. The zero-order valence-electron chi connectivity index (χ0n) is 15.3. The van der Waals surface area contributed by atoms with Gasteiger partial charge < -0.3 is 5.32 Å². The van der Waals surface area contributed by atoms with Gasteiger partial charge in [0.1, 0.15) is 0 Å². The van der Waals surface area contributed by atoms with E-state index < -0.39 is 0 Å². The highest BCUT2D eigenvalue weighted by molar-refractivity contribution is 9.10. The minimum absolute atomic E-state index is 0.176. The van der Waals surface area contributed by atoms with E-state index >= 15 is 0 Å². The summed E-state index contributed by atoms with van der Waals surface area (Å²) < 4.78 is 2.42.